The molecule has 0 aliphatic rings. The molecule has 0 saturated heterocycles. The molecule has 0 spiro atoms. The van der Waals surface area contributed by atoms with Crippen molar-refractivity contribution in [3.8, 4) is 5.75 Å². The highest BCUT2D eigenvalue weighted by Gasteiger charge is 2.16. The number of amides is 1. The highest BCUT2D eigenvalue weighted by atomic mass is 35.5. The third-order valence-corrected chi connectivity index (χ3v) is 3.77. The van der Waals surface area contributed by atoms with Crippen LogP contribution in [0.15, 0.2) is 42.5 Å². The van der Waals surface area contributed by atoms with E-state index in [9.17, 15) is 14.0 Å². The zero-order valence-corrected chi connectivity index (χ0v) is 14.5. The van der Waals surface area contributed by atoms with E-state index < -0.39 is 24.3 Å². The van der Waals surface area contributed by atoms with Crippen molar-refractivity contribution in [3.63, 3.8) is 0 Å². The number of ether oxygens (including phenoxy) is 2. The Morgan fingerprint density at radius 2 is 2.00 bits per heavy atom. The normalized spacial score (nSPS) is 11.5. The van der Waals surface area contributed by atoms with Gasteiger partial charge in [-0.2, -0.15) is 0 Å². The highest BCUT2D eigenvalue weighted by Crippen LogP contribution is 2.19. The van der Waals surface area contributed by atoms with Crippen molar-refractivity contribution in [1.29, 1.82) is 0 Å². The second-order valence-electron chi connectivity index (χ2n) is 5.27. The van der Waals surface area contributed by atoms with Gasteiger partial charge in [0.05, 0.1) is 23.7 Å². The molecule has 132 valence electrons. The highest BCUT2D eigenvalue weighted by molar-refractivity contribution is 6.33. The lowest BCUT2D eigenvalue weighted by Gasteiger charge is -2.15. The van der Waals surface area contributed by atoms with E-state index in [1.165, 1.54) is 6.07 Å². The number of methoxy groups -OCH3 is 1. The van der Waals surface area contributed by atoms with Gasteiger partial charge in [0.2, 0.25) is 0 Å². The van der Waals surface area contributed by atoms with E-state index in [0.29, 0.717) is 5.75 Å². The van der Waals surface area contributed by atoms with Gasteiger partial charge in [-0.3, -0.25) is 4.79 Å². The molecule has 2 aromatic rings. The number of hydrogen-bond acceptors (Lipinski definition) is 4. The van der Waals surface area contributed by atoms with Crippen LogP contribution < -0.4 is 10.1 Å². The van der Waals surface area contributed by atoms with Crippen molar-refractivity contribution in [1.82, 2.24) is 5.32 Å². The maximum absolute atomic E-state index is 13.0. The van der Waals surface area contributed by atoms with Crippen LogP contribution in [0.1, 0.15) is 28.9 Å². The van der Waals surface area contributed by atoms with Crippen LogP contribution >= 0.6 is 11.6 Å². The van der Waals surface area contributed by atoms with Gasteiger partial charge >= 0.3 is 5.97 Å². The van der Waals surface area contributed by atoms with Crippen LogP contribution in [0.25, 0.3) is 0 Å². The molecule has 7 heteroatoms. The van der Waals surface area contributed by atoms with Crippen molar-refractivity contribution in [3.05, 3.63) is 64.4 Å². The first-order valence-corrected chi connectivity index (χ1v) is 7.84. The Kier molecular flexibility index (Phi) is 6.36. The first kappa shape index (κ1) is 18.7. The molecule has 0 heterocycles. The van der Waals surface area contributed by atoms with Crippen LogP contribution in [0.4, 0.5) is 4.39 Å². The fraction of sp³-hybridized carbons (Fsp3) is 0.222. The number of esters is 1. The van der Waals surface area contributed by atoms with Gasteiger partial charge in [-0.15, -0.1) is 0 Å². The number of halogens is 2. The summed E-state index contributed by atoms with van der Waals surface area (Å²) in [7, 11) is 1.56. The lowest BCUT2D eigenvalue weighted by Crippen LogP contribution is -2.31. The molecule has 2 rings (SSSR count). The van der Waals surface area contributed by atoms with Gasteiger partial charge < -0.3 is 14.8 Å². The first-order chi connectivity index (χ1) is 11.9. The Hall–Kier alpha value is -2.60. The van der Waals surface area contributed by atoms with Crippen LogP contribution in [-0.4, -0.2) is 25.6 Å². The van der Waals surface area contributed by atoms with Gasteiger partial charge in [-0.1, -0.05) is 23.7 Å². The number of rotatable bonds is 6. The molecule has 0 aliphatic heterocycles. The summed E-state index contributed by atoms with van der Waals surface area (Å²) in [6.07, 6.45) is 0. The Bertz CT molecular complexity index is 781. The minimum atomic E-state index is -0.797. The molecular formula is C18H17ClFNO4. The molecule has 1 amide bonds. The van der Waals surface area contributed by atoms with Crippen molar-refractivity contribution >= 4 is 23.5 Å². The molecule has 1 atom stereocenters. The fourth-order valence-corrected chi connectivity index (χ4v) is 2.39. The third kappa shape index (κ3) is 5.19. The number of carbonyl (C=O) groups excluding carboxylic acids is 2. The summed E-state index contributed by atoms with van der Waals surface area (Å²) in [4.78, 5) is 23.8. The van der Waals surface area contributed by atoms with Crippen LogP contribution in [0.5, 0.6) is 5.75 Å². The Labute approximate surface area is 149 Å². The van der Waals surface area contributed by atoms with Gasteiger partial charge in [0.25, 0.3) is 5.91 Å². The molecule has 0 radical (unpaired) electrons. The van der Waals surface area contributed by atoms with Crippen LogP contribution in [0, 0.1) is 5.82 Å². The number of carbonyl (C=O) groups is 2. The second-order valence-corrected chi connectivity index (χ2v) is 5.67. The lowest BCUT2D eigenvalue weighted by molar-refractivity contribution is -0.124. The maximum atomic E-state index is 13.0. The van der Waals surface area contributed by atoms with Crippen molar-refractivity contribution < 1.29 is 23.5 Å². The average Bonchev–Trinajstić information content (AvgIpc) is 2.59. The second kappa shape index (κ2) is 8.48. The van der Waals surface area contributed by atoms with Crippen molar-refractivity contribution in [2.45, 2.75) is 13.0 Å². The van der Waals surface area contributed by atoms with Crippen molar-refractivity contribution in [2.24, 2.45) is 0 Å². The van der Waals surface area contributed by atoms with E-state index in [1.54, 1.807) is 26.2 Å². The molecule has 1 N–H and O–H groups in total. The van der Waals surface area contributed by atoms with E-state index in [2.05, 4.69) is 5.32 Å². The van der Waals surface area contributed by atoms with Gasteiger partial charge in [-0.05, 0) is 42.8 Å². The summed E-state index contributed by atoms with van der Waals surface area (Å²) in [6, 6.07) is 10.3. The zero-order chi connectivity index (χ0) is 18.4. The molecule has 0 unspecified atom stereocenters. The fourth-order valence-electron chi connectivity index (χ4n) is 2.14. The molecule has 0 aliphatic carbocycles. The molecule has 0 saturated carbocycles. The van der Waals surface area contributed by atoms with Crippen LogP contribution in [0.3, 0.4) is 0 Å². The molecule has 0 fully saturated rings. The summed E-state index contributed by atoms with van der Waals surface area (Å²) in [5, 5.41) is 2.64. The van der Waals surface area contributed by atoms with Crippen molar-refractivity contribution in [2.75, 3.05) is 13.7 Å². The van der Waals surface area contributed by atoms with Gasteiger partial charge in [-0.25, -0.2) is 9.18 Å². The largest absolute Gasteiger partial charge is 0.497 e. The van der Waals surface area contributed by atoms with Crippen LogP contribution in [-0.2, 0) is 9.53 Å². The Morgan fingerprint density at radius 1 is 1.24 bits per heavy atom. The molecule has 5 nitrogen and oxygen atoms in total. The maximum Gasteiger partial charge on any atom is 0.340 e. The van der Waals surface area contributed by atoms with E-state index in [0.717, 1.165) is 17.7 Å². The molecular weight excluding hydrogens is 349 g/mol. The zero-order valence-electron chi connectivity index (χ0n) is 13.7. The van der Waals surface area contributed by atoms with E-state index in [1.807, 2.05) is 12.1 Å². The molecule has 2 aromatic carbocycles. The van der Waals surface area contributed by atoms with Gasteiger partial charge in [0.15, 0.2) is 6.61 Å². The van der Waals surface area contributed by atoms with E-state index >= 15 is 0 Å². The minimum Gasteiger partial charge on any atom is -0.497 e. The summed E-state index contributed by atoms with van der Waals surface area (Å²) in [5.74, 6) is -1.15. The monoisotopic (exact) mass is 365 g/mol. The van der Waals surface area contributed by atoms with Gasteiger partial charge in [0, 0.05) is 0 Å². The third-order valence-electron chi connectivity index (χ3n) is 3.46. The SMILES string of the molecule is COc1cccc([C@H](C)NC(=O)COC(=O)c2ccc(F)cc2Cl)c1. The topological polar surface area (TPSA) is 64.6 Å². The predicted octanol–water partition coefficient (Wildman–Crippen LogP) is 3.52. The average molecular weight is 366 g/mol. The summed E-state index contributed by atoms with van der Waals surface area (Å²) >= 11 is 5.78. The number of nitrogens with one attached hydrogen (secondary N) is 1. The van der Waals surface area contributed by atoms with E-state index in [-0.39, 0.29) is 16.6 Å². The van der Waals surface area contributed by atoms with Gasteiger partial charge in [0.1, 0.15) is 11.6 Å². The molecule has 0 bridgehead atoms. The first-order valence-electron chi connectivity index (χ1n) is 7.46. The smallest absolute Gasteiger partial charge is 0.340 e. The summed E-state index contributed by atoms with van der Waals surface area (Å²) in [6.45, 7) is 1.33. The van der Waals surface area contributed by atoms with Crippen LogP contribution in [0.2, 0.25) is 5.02 Å². The molecule has 0 aromatic heterocycles. The predicted molar refractivity (Wildman–Crippen MR) is 91.2 cm³/mol. The standard InChI is InChI=1S/C18H17ClFNO4/c1-11(12-4-3-5-14(8-12)24-2)21-17(22)10-25-18(23)15-7-6-13(20)9-16(15)19/h3-9,11H,10H2,1-2H3,(H,21,22)/t11-/m0/s1. The quantitative estimate of drug-likeness (QED) is 0.795. The summed E-state index contributed by atoms with van der Waals surface area (Å²) in [5.41, 5.74) is 0.845. The Balaban J connectivity index is 1.90. The van der Waals surface area contributed by atoms with E-state index in [4.69, 9.17) is 21.1 Å². The lowest BCUT2D eigenvalue weighted by atomic mass is 10.1. The minimum absolute atomic E-state index is 0.00305. The number of benzene rings is 2. The summed E-state index contributed by atoms with van der Waals surface area (Å²) < 4.78 is 23.0. The number of hydrogen-bond donors (Lipinski definition) is 1. The molecule has 25 heavy (non-hydrogen) atoms. The Morgan fingerprint density at radius 3 is 2.68 bits per heavy atom.